The van der Waals surface area contributed by atoms with Gasteiger partial charge >= 0.3 is 0 Å². The van der Waals surface area contributed by atoms with Crippen LogP contribution in [0, 0.1) is 5.82 Å². The van der Waals surface area contributed by atoms with Gasteiger partial charge in [0.05, 0.1) is 11.6 Å². The van der Waals surface area contributed by atoms with Gasteiger partial charge in [-0.1, -0.05) is 49.4 Å². The number of rotatable bonds is 4. The van der Waals surface area contributed by atoms with Crippen molar-refractivity contribution in [3.63, 3.8) is 0 Å². The number of hydrogen-bond donors (Lipinski definition) is 2. The number of nitrogens with zero attached hydrogens (tertiary/aromatic N) is 1. The number of aryl methyl sites for hydroxylation is 1. The number of hydrogen-bond acceptors (Lipinski definition) is 4. The van der Waals surface area contributed by atoms with Crippen LogP contribution in [-0.4, -0.2) is 21.9 Å². The zero-order valence-electron chi connectivity index (χ0n) is 16.7. The number of anilines is 1. The van der Waals surface area contributed by atoms with Crippen LogP contribution in [0.1, 0.15) is 29.7 Å². The summed E-state index contributed by atoms with van der Waals surface area (Å²) >= 11 is 0. The van der Waals surface area contributed by atoms with E-state index in [1.165, 1.54) is 30.3 Å². The van der Waals surface area contributed by atoms with Crippen molar-refractivity contribution < 1.29 is 24.2 Å². The number of benzene rings is 3. The van der Waals surface area contributed by atoms with Crippen molar-refractivity contribution in [3.05, 3.63) is 101 Å². The molecule has 156 valence electrons. The molecule has 5 nitrogen and oxygen atoms in total. The molecule has 0 bridgehead atoms. The first-order valence-electron chi connectivity index (χ1n) is 9.85. The summed E-state index contributed by atoms with van der Waals surface area (Å²) in [6, 6.07) is 17.4. The van der Waals surface area contributed by atoms with Crippen molar-refractivity contribution in [1.82, 2.24) is 0 Å². The first kappa shape index (κ1) is 20.3. The molecule has 0 spiro atoms. The van der Waals surface area contributed by atoms with Gasteiger partial charge in [-0.25, -0.2) is 4.39 Å². The van der Waals surface area contributed by atoms with Crippen LogP contribution in [0.25, 0.3) is 5.76 Å². The first-order chi connectivity index (χ1) is 14.9. The van der Waals surface area contributed by atoms with Crippen molar-refractivity contribution in [1.29, 1.82) is 0 Å². The molecule has 1 atom stereocenters. The molecule has 1 aliphatic rings. The predicted octanol–water partition coefficient (Wildman–Crippen LogP) is 4.72. The lowest BCUT2D eigenvalue weighted by Gasteiger charge is -2.25. The van der Waals surface area contributed by atoms with Crippen LogP contribution in [0.4, 0.5) is 10.1 Å². The van der Waals surface area contributed by atoms with E-state index in [9.17, 15) is 24.2 Å². The van der Waals surface area contributed by atoms with Crippen molar-refractivity contribution in [2.75, 3.05) is 4.90 Å². The Morgan fingerprint density at radius 2 is 1.71 bits per heavy atom. The lowest BCUT2D eigenvalue weighted by atomic mass is 9.94. The van der Waals surface area contributed by atoms with E-state index in [4.69, 9.17) is 0 Å². The average molecular weight is 417 g/mol. The Morgan fingerprint density at radius 3 is 2.35 bits per heavy atom. The van der Waals surface area contributed by atoms with E-state index in [0.717, 1.165) is 23.0 Å². The number of phenolic OH excluding ortho intramolecular Hbond substituents is 1. The first-order valence-corrected chi connectivity index (χ1v) is 9.85. The van der Waals surface area contributed by atoms with Gasteiger partial charge in [0.15, 0.2) is 0 Å². The SMILES string of the molecule is CCc1ccc(/C(O)=C2\C(=O)C(=O)N(c3cccc(F)c3)C2c2cccc(O)c2)cc1. The van der Waals surface area contributed by atoms with E-state index in [1.807, 2.05) is 19.1 Å². The molecule has 1 fully saturated rings. The molecule has 0 aliphatic carbocycles. The van der Waals surface area contributed by atoms with Crippen LogP contribution >= 0.6 is 0 Å². The highest BCUT2D eigenvalue weighted by Crippen LogP contribution is 2.42. The highest BCUT2D eigenvalue weighted by Gasteiger charge is 2.47. The fraction of sp³-hybridized carbons (Fsp3) is 0.120. The topological polar surface area (TPSA) is 77.8 Å². The minimum absolute atomic E-state index is 0.0605. The van der Waals surface area contributed by atoms with E-state index in [0.29, 0.717) is 11.1 Å². The number of aromatic hydroxyl groups is 1. The van der Waals surface area contributed by atoms with Gasteiger partial charge in [-0.05, 0) is 47.9 Å². The van der Waals surface area contributed by atoms with Gasteiger partial charge in [0.25, 0.3) is 11.7 Å². The monoisotopic (exact) mass is 417 g/mol. The Bertz CT molecular complexity index is 1200. The van der Waals surface area contributed by atoms with Crippen LogP contribution < -0.4 is 4.90 Å². The lowest BCUT2D eigenvalue weighted by Crippen LogP contribution is -2.29. The maximum Gasteiger partial charge on any atom is 0.300 e. The molecule has 2 N–H and O–H groups in total. The number of phenols is 1. The molecular formula is C25H20FNO4. The smallest absolute Gasteiger partial charge is 0.300 e. The van der Waals surface area contributed by atoms with Crippen LogP contribution in [0.5, 0.6) is 5.75 Å². The zero-order chi connectivity index (χ0) is 22.1. The molecule has 1 aliphatic heterocycles. The number of carbonyl (C=O) groups is 2. The number of aliphatic hydroxyl groups excluding tert-OH is 1. The molecular weight excluding hydrogens is 397 g/mol. The molecule has 3 aromatic rings. The fourth-order valence-corrected chi connectivity index (χ4v) is 3.79. The van der Waals surface area contributed by atoms with Crippen molar-refractivity contribution in [2.45, 2.75) is 19.4 Å². The standard InChI is InChI=1S/C25H20FNO4/c1-2-15-9-11-16(12-10-15)23(29)21-22(17-5-3-8-20(28)13-17)27(25(31)24(21)30)19-7-4-6-18(26)14-19/h3-14,22,28-29H,2H2,1H3/b23-21+. The van der Waals surface area contributed by atoms with E-state index in [1.54, 1.807) is 24.3 Å². The van der Waals surface area contributed by atoms with Gasteiger partial charge in [0.2, 0.25) is 0 Å². The summed E-state index contributed by atoms with van der Waals surface area (Å²) in [4.78, 5) is 27.1. The minimum atomic E-state index is -1.03. The summed E-state index contributed by atoms with van der Waals surface area (Å²) in [5, 5.41) is 21.0. The number of halogens is 1. The minimum Gasteiger partial charge on any atom is -0.508 e. The molecule has 1 saturated heterocycles. The second-order valence-corrected chi connectivity index (χ2v) is 7.29. The maximum atomic E-state index is 13.9. The van der Waals surface area contributed by atoms with Gasteiger partial charge in [0.1, 0.15) is 17.3 Å². The third-order valence-electron chi connectivity index (χ3n) is 5.35. The summed E-state index contributed by atoms with van der Waals surface area (Å²) in [5.74, 6) is -2.72. The second-order valence-electron chi connectivity index (χ2n) is 7.29. The summed E-state index contributed by atoms with van der Waals surface area (Å²) in [6.45, 7) is 2.00. The van der Waals surface area contributed by atoms with Crippen LogP contribution in [0.15, 0.2) is 78.4 Å². The van der Waals surface area contributed by atoms with E-state index in [2.05, 4.69) is 0 Å². The summed E-state index contributed by atoms with van der Waals surface area (Å²) in [5.41, 5.74) is 1.91. The molecule has 0 aromatic heterocycles. The third kappa shape index (κ3) is 3.68. The molecule has 6 heteroatoms. The Hall–Kier alpha value is -3.93. The zero-order valence-corrected chi connectivity index (χ0v) is 16.7. The maximum absolute atomic E-state index is 13.9. The fourth-order valence-electron chi connectivity index (χ4n) is 3.79. The van der Waals surface area contributed by atoms with Crippen molar-refractivity contribution >= 4 is 23.1 Å². The number of Topliss-reactive ketones (excluding diaryl/α,β-unsaturated/α-hetero) is 1. The molecule has 3 aromatic carbocycles. The second kappa shape index (κ2) is 8.07. The van der Waals surface area contributed by atoms with Gasteiger partial charge < -0.3 is 10.2 Å². The number of aliphatic hydroxyl groups is 1. The molecule has 31 heavy (non-hydrogen) atoms. The summed E-state index contributed by atoms with van der Waals surface area (Å²) < 4.78 is 13.9. The van der Waals surface area contributed by atoms with Crippen LogP contribution in [0.2, 0.25) is 0 Å². The number of ketones is 1. The Morgan fingerprint density at radius 1 is 1.00 bits per heavy atom. The van der Waals surface area contributed by atoms with Gasteiger partial charge in [-0.15, -0.1) is 0 Å². The third-order valence-corrected chi connectivity index (χ3v) is 5.35. The molecule has 0 saturated carbocycles. The normalized spacial score (nSPS) is 17.9. The predicted molar refractivity (Wildman–Crippen MR) is 115 cm³/mol. The number of amides is 1. The highest BCUT2D eigenvalue weighted by atomic mass is 19.1. The summed E-state index contributed by atoms with van der Waals surface area (Å²) in [7, 11) is 0. The Balaban J connectivity index is 1.94. The molecule has 0 radical (unpaired) electrons. The molecule has 1 heterocycles. The van der Waals surface area contributed by atoms with E-state index < -0.39 is 23.5 Å². The molecule has 1 amide bonds. The van der Waals surface area contributed by atoms with E-state index in [-0.39, 0.29) is 22.8 Å². The van der Waals surface area contributed by atoms with Crippen molar-refractivity contribution in [2.24, 2.45) is 0 Å². The van der Waals surface area contributed by atoms with Crippen LogP contribution in [0.3, 0.4) is 0 Å². The average Bonchev–Trinajstić information content (AvgIpc) is 3.04. The molecule has 1 unspecified atom stereocenters. The quantitative estimate of drug-likeness (QED) is 0.366. The summed E-state index contributed by atoms with van der Waals surface area (Å²) in [6.07, 6.45) is 0.814. The lowest BCUT2D eigenvalue weighted by molar-refractivity contribution is -0.132. The van der Waals surface area contributed by atoms with Gasteiger partial charge in [0, 0.05) is 11.3 Å². The largest absolute Gasteiger partial charge is 0.508 e. The van der Waals surface area contributed by atoms with Gasteiger partial charge in [-0.2, -0.15) is 0 Å². The molecule has 4 rings (SSSR count). The van der Waals surface area contributed by atoms with Gasteiger partial charge in [-0.3, -0.25) is 14.5 Å². The Labute approximate surface area is 178 Å². The van der Waals surface area contributed by atoms with Crippen molar-refractivity contribution in [3.8, 4) is 5.75 Å². The number of carbonyl (C=O) groups excluding carboxylic acids is 2. The highest BCUT2D eigenvalue weighted by molar-refractivity contribution is 6.51. The Kier molecular flexibility index (Phi) is 5.29. The van der Waals surface area contributed by atoms with E-state index >= 15 is 0 Å². The van der Waals surface area contributed by atoms with Crippen LogP contribution in [-0.2, 0) is 16.0 Å².